The zero-order valence-corrected chi connectivity index (χ0v) is 15.7. The number of ether oxygens (including phenoxy) is 3. The highest BCUT2D eigenvalue weighted by atomic mass is 19.3. The standard InChI is InChI=1S/C19H25F2N3O4/c1-11-14(5-3-7-22-11)28-15-10-27-16-13(9-26-17(15)16)24-18(25)23-12-4-2-6-19(20,21)8-12/h3,5,7,12-13,15-17H,2,4,6,8-10H2,1H3,(H2,23,24,25)/t12?,13-,15-,16+,17+/m0/s1. The number of alkyl halides is 2. The molecular formula is C19H25F2N3O4. The maximum atomic E-state index is 13.5. The third-order valence-corrected chi connectivity index (χ3v) is 5.54. The van der Waals surface area contributed by atoms with Crippen LogP contribution < -0.4 is 15.4 Å². The Balaban J connectivity index is 1.30. The van der Waals surface area contributed by atoms with Gasteiger partial charge in [0.05, 0.1) is 24.9 Å². The van der Waals surface area contributed by atoms with Crippen LogP contribution >= 0.6 is 0 Å². The highest BCUT2D eigenvalue weighted by molar-refractivity contribution is 5.74. The number of aromatic nitrogens is 1. The normalized spacial score (nSPS) is 33.9. The van der Waals surface area contributed by atoms with Crippen molar-refractivity contribution in [3.8, 4) is 5.75 Å². The highest BCUT2D eigenvalue weighted by Gasteiger charge is 2.49. The zero-order chi connectivity index (χ0) is 19.7. The van der Waals surface area contributed by atoms with Crippen LogP contribution in [0, 0.1) is 6.92 Å². The van der Waals surface area contributed by atoms with Gasteiger partial charge in [-0.2, -0.15) is 0 Å². The van der Waals surface area contributed by atoms with Gasteiger partial charge in [-0.15, -0.1) is 0 Å². The Bertz CT molecular complexity index is 720. The number of fused-ring (bicyclic) bond motifs is 1. The number of hydrogen-bond acceptors (Lipinski definition) is 5. The van der Waals surface area contributed by atoms with Crippen LogP contribution in [0.5, 0.6) is 5.75 Å². The maximum absolute atomic E-state index is 13.5. The number of carbonyl (C=O) groups excluding carboxylic acids is 1. The SMILES string of the molecule is Cc1ncccc1O[C@H]1CO[C@H]2[C@@H]1OC[C@@H]2NC(=O)NC1CCCC(F)(F)C1. The summed E-state index contributed by atoms with van der Waals surface area (Å²) in [6.45, 7) is 2.50. The first-order chi connectivity index (χ1) is 13.4. The largest absolute Gasteiger partial charge is 0.483 e. The van der Waals surface area contributed by atoms with Crippen molar-refractivity contribution in [2.24, 2.45) is 0 Å². The molecule has 3 heterocycles. The molecule has 4 rings (SSSR count). The summed E-state index contributed by atoms with van der Waals surface area (Å²) >= 11 is 0. The van der Waals surface area contributed by atoms with Crippen LogP contribution in [-0.4, -0.2) is 60.5 Å². The molecule has 3 aliphatic rings. The molecular weight excluding hydrogens is 372 g/mol. The van der Waals surface area contributed by atoms with Crippen LogP contribution in [0.25, 0.3) is 0 Å². The van der Waals surface area contributed by atoms with Crippen molar-refractivity contribution >= 4 is 6.03 Å². The molecule has 2 aliphatic heterocycles. The van der Waals surface area contributed by atoms with Gasteiger partial charge < -0.3 is 24.8 Å². The van der Waals surface area contributed by atoms with Crippen LogP contribution in [0.1, 0.15) is 31.4 Å². The summed E-state index contributed by atoms with van der Waals surface area (Å²) in [5, 5.41) is 5.47. The molecule has 1 aromatic heterocycles. The fourth-order valence-electron chi connectivity index (χ4n) is 4.14. The lowest BCUT2D eigenvalue weighted by atomic mass is 9.92. The first-order valence-electron chi connectivity index (χ1n) is 9.68. The van der Waals surface area contributed by atoms with Crippen molar-refractivity contribution in [2.45, 2.75) is 68.9 Å². The topological polar surface area (TPSA) is 81.7 Å². The van der Waals surface area contributed by atoms with Gasteiger partial charge in [-0.25, -0.2) is 13.6 Å². The Kier molecular flexibility index (Phi) is 5.37. The molecule has 1 aromatic rings. The fraction of sp³-hybridized carbons (Fsp3) is 0.684. The van der Waals surface area contributed by atoms with Crippen molar-refractivity contribution in [3.63, 3.8) is 0 Å². The minimum atomic E-state index is -2.71. The maximum Gasteiger partial charge on any atom is 0.315 e. The van der Waals surface area contributed by atoms with Gasteiger partial charge in [-0.05, 0) is 31.9 Å². The summed E-state index contributed by atoms with van der Waals surface area (Å²) in [7, 11) is 0. The monoisotopic (exact) mass is 397 g/mol. The van der Waals surface area contributed by atoms with E-state index in [1.807, 2.05) is 13.0 Å². The molecule has 7 nitrogen and oxygen atoms in total. The average molecular weight is 397 g/mol. The van der Waals surface area contributed by atoms with E-state index in [1.165, 1.54) is 0 Å². The second kappa shape index (κ2) is 7.79. The molecule has 2 amide bonds. The van der Waals surface area contributed by atoms with Crippen molar-refractivity contribution in [3.05, 3.63) is 24.0 Å². The number of amides is 2. The third kappa shape index (κ3) is 4.20. The molecule has 1 unspecified atom stereocenters. The minimum absolute atomic E-state index is 0.112. The Morgan fingerprint density at radius 2 is 2.11 bits per heavy atom. The van der Waals surface area contributed by atoms with E-state index in [0.717, 1.165) is 5.69 Å². The summed E-state index contributed by atoms with van der Waals surface area (Å²) in [6.07, 6.45) is 1.31. The number of carbonyl (C=O) groups is 1. The lowest BCUT2D eigenvalue weighted by Crippen LogP contribution is -2.52. The Morgan fingerprint density at radius 3 is 2.89 bits per heavy atom. The van der Waals surface area contributed by atoms with E-state index in [9.17, 15) is 13.6 Å². The highest BCUT2D eigenvalue weighted by Crippen LogP contribution is 2.33. The quantitative estimate of drug-likeness (QED) is 0.814. The van der Waals surface area contributed by atoms with Crippen molar-refractivity contribution in [2.75, 3.05) is 13.2 Å². The van der Waals surface area contributed by atoms with Gasteiger partial charge >= 0.3 is 6.03 Å². The Hall–Kier alpha value is -2.00. The first-order valence-corrected chi connectivity index (χ1v) is 9.68. The Morgan fingerprint density at radius 1 is 1.29 bits per heavy atom. The zero-order valence-electron chi connectivity index (χ0n) is 15.7. The molecule has 0 bridgehead atoms. The molecule has 3 fully saturated rings. The fourth-order valence-corrected chi connectivity index (χ4v) is 4.14. The lowest BCUT2D eigenvalue weighted by Gasteiger charge is -2.30. The summed E-state index contributed by atoms with van der Waals surface area (Å²) in [5.41, 5.74) is 0.780. The van der Waals surface area contributed by atoms with E-state index >= 15 is 0 Å². The summed E-state index contributed by atoms with van der Waals surface area (Å²) in [5.74, 6) is -2.03. The van der Waals surface area contributed by atoms with E-state index in [1.54, 1.807) is 12.3 Å². The van der Waals surface area contributed by atoms with Crippen molar-refractivity contribution in [1.82, 2.24) is 15.6 Å². The number of nitrogens with zero attached hydrogens (tertiary/aromatic N) is 1. The number of rotatable bonds is 4. The number of halogens is 2. The summed E-state index contributed by atoms with van der Waals surface area (Å²) in [4.78, 5) is 16.5. The van der Waals surface area contributed by atoms with Gasteiger partial charge in [0.1, 0.15) is 18.0 Å². The van der Waals surface area contributed by atoms with Crippen LogP contribution in [0.3, 0.4) is 0 Å². The average Bonchev–Trinajstić information content (AvgIpc) is 3.20. The molecule has 9 heteroatoms. The lowest BCUT2D eigenvalue weighted by molar-refractivity contribution is -0.0426. The number of urea groups is 1. The van der Waals surface area contributed by atoms with Crippen LogP contribution in [-0.2, 0) is 9.47 Å². The van der Waals surface area contributed by atoms with Crippen molar-refractivity contribution < 1.29 is 27.8 Å². The number of nitrogens with one attached hydrogen (secondary N) is 2. The van der Waals surface area contributed by atoms with Gasteiger partial charge in [0.25, 0.3) is 0 Å². The predicted octanol–water partition coefficient (Wildman–Crippen LogP) is 2.18. The van der Waals surface area contributed by atoms with Crippen LogP contribution in [0.15, 0.2) is 18.3 Å². The molecule has 1 saturated carbocycles. The van der Waals surface area contributed by atoms with Crippen molar-refractivity contribution in [1.29, 1.82) is 0 Å². The van der Waals surface area contributed by atoms with Gasteiger partial charge in [0.15, 0.2) is 6.10 Å². The molecule has 5 atom stereocenters. The predicted molar refractivity (Wildman–Crippen MR) is 95.5 cm³/mol. The number of aryl methyl sites for hydroxylation is 1. The first kappa shape index (κ1) is 19.3. The molecule has 2 N–H and O–H groups in total. The molecule has 1 aliphatic carbocycles. The molecule has 154 valence electrons. The van der Waals surface area contributed by atoms with Gasteiger partial charge in [0, 0.05) is 25.1 Å². The summed E-state index contributed by atoms with van der Waals surface area (Å²) in [6, 6.07) is 2.31. The van der Waals surface area contributed by atoms with E-state index in [-0.39, 0.29) is 43.8 Å². The smallest absolute Gasteiger partial charge is 0.315 e. The van der Waals surface area contributed by atoms with E-state index < -0.39 is 18.0 Å². The molecule has 28 heavy (non-hydrogen) atoms. The molecule has 0 aromatic carbocycles. The Labute approximate surface area is 162 Å². The van der Waals surface area contributed by atoms with Gasteiger partial charge in [-0.3, -0.25) is 4.98 Å². The molecule has 0 radical (unpaired) electrons. The minimum Gasteiger partial charge on any atom is -0.483 e. The van der Waals surface area contributed by atoms with E-state index in [4.69, 9.17) is 14.2 Å². The van der Waals surface area contributed by atoms with E-state index in [0.29, 0.717) is 25.2 Å². The molecule has 2 saturated heterocycles. The summed E-state index contributed by atoms with van der Waals surface area (Å²) < 4.78 is 44.6. The van der Waals surface area contributed by atoms with E-state index in [2.05, 4.69) is 15.6 Å². The number of hydrogen-bond donors (Lipinski definition) is 2. The van der Waals surface area contributed by atoms with Gasteiger partial charge in [0.2, 0.25) is 5.92 Å². The second-order valence-electron chi connectivity index (χ2n) is 7.71. The van der Waals surface area contributed by atoms with Gasteiger partial charge in [-0.1, -0.05) is 0 Å². The third-order valence-electron chi connectivity index (χ3n) is 5.54. The van der Waals surface area contributed by atoms with Crippen LogP contribution in [0.2, 0.25) is 0 Å². The number of pyridine rings is 1. The second-order valence-corrected chi connectivity index (χ2v) is 7.71. The van der Waals surface area contributed by atoms with Crippen LogP contribution in [0.4, 0.5) is 13.6 Å². The molecule has 0 spiro atoms.